The fourth-order valence-corrected chi connectivity index (χ4v) is 1.70. The molecule has 0 saturated carbocycles. The van der Waals surface area contributed by atoms with Crippen molar-refractivity contribution >= 4 is 29.1 Å². The molecule has 1 fully saturated rings. The van der Waals surface area contributed by atoms with Crippen LogP contribution in [0.3, 0.4) is 0 Å². The molecule has 0 aromatic heterocycles. The van der Waals surface area contributed by atoms with E-state index in [4.69, 9.17) is 0 Å². The van der Waals surface area contributed by atoms with Crippen molar-refractivity contribution < 1.29 is 9.59 Å². The van der Waals surface area contributed by atoms with E-state index in [-0.39, 0.29) is 17.1 Å². The van der Waals surface area contributed by atoms with Gasteiger partial charge < -0.3 is 0 Å². The van der Waals surface area contributed by atoms with Crippen LogP contribution < -0.4 is 5.32 Å². The van der Waals surface area contributed by atoms with Crippen molar-refractivity contribution in [1.29, 1.82) is 0 Å². The van der Waals surface area contributed by atoms with Gasteiger partial charge in [-0.1, -0.05) is 11.8 Å². The van der Waals surface area contributed by atoms with Gasteiger partial charge >= 0.3 is 0 Å². The van der Waals surface area contributed by atoms with Crippen molar-refractivity contribution in [3.05, 3.63) is 0 Å². The van der Waals surface area contributed by atoms with E-state index < -0.39 is 6.04 Å². The standard InChI is InChI=1S/C5H3N2O2S/c8-4-2-3(5(9)7-4)10-1-6-2/h2-3H,(H,7,8,9). The summed E-state index contributed by atoms with van der Waals surface area (Å²) in [6, 6.07) is -0.502. The second-order valence-corrected chi connectivity index (χ2v) is 2.98. The molecule has 4 nitrogen and oxygen atoms in total. The van der Waals surface area contributed by atoms with E-state index in [9.17, 15) is 9.59 Å². The first-order chi connectivity index (χ1) is 4.79. The number of fused-ring (bicyclic) bond motifs is 1. The summed E-state index contributed by atoms with van der Waals surface area (Å²) in [5.41, 5.74) is 2.55. The maximum atomic E-state index is 10.8. The molecule has 2 heterocycles. The van der Waals surface area contributed by atoms with E-state index in [2.05, 4.69) is 15.9 Å². The SMILES string of the molecule is O=C1NC(=O)C2S[C]=NC12. The monoisotopic (exact) mass is 155 g/mol. The quantitative estimate of drug-likeness (QED) is 0.458. The number of imide groups is 1. The van der Waals surface area contributed by atoms with Gasteiger partial charge in [-0.2, -0.15) is 0 Å². The number of hydrogen-bond donors (Lipinski definition) is 1. The molecule has 1 radical (unpaired) electrons. The van der Waals surface area contributed by atoms with Crippen LogP contribution in [-0.4, -0.2) is 28.7 Å². The maximum absolute atomic E-state index is 10.8. The lowest BCUT2D eigenvalue weighted by Gasteiger charge is -1.96. The molecular formula is C5H3N2O2S. The molecule has 2 aliphatic rings. The molecule has 1 saturated heterocycles. The van der Waals surface area contributed by atoms with Crippen LogP contribution >= 0.6 is 11.8 Å². The first-order valence-electron chi connectivity index (χ1n) is 2.74. The zero-order valence-electron chi connectivity index (χ0n) is 4.83. The minimum Gasteiger partial charge on any atom is -0.293 e. The lowest BCUT2D eigenvalue weighted by molar-refractivity contribution is -0.125. The number of amides is 2. The van der Waals surface area contributed by atoms with Crippen molar-refractivity contribution in [3.8, 4) is 0 Å². The number of carbonyl (C=O) groups excluding carboxylic acids is 2. The largest absolute Gasteiger partial charge is 0.293 e. The van der Waals surface area contributed by atoms with Gasteiger partial charge in [0.25, 0.3) is 5.91 Å². The third kappa shape index (κ3) is 0.607. The second kappa shape index (κ2) is 1.82. The number of nitrogens with one attached hydrogen (secondary N) is 1. The first kappa shape index (κ1) is 5.91. The van der Waals surface area contributed by atoms with E-state index >= 15 is 0 Å². The second-order valence-electron chi connectivity index (χ2n) is 2.06. The molecule has 2 rings (SSSR count). The molecule has 2 aliphatic heterocycles. The summed E-state index contributed by atoms with van der Waals surface area (Å²) in [5, 5.41) is 1.85. The Balaban J connectivity index is 2.33. The predicted octanol–water partition coefficient (Wildman–Crippen LogP) is -0.968. The zero-order chi connectivity index (χ0) is 7.14. The smallest absolute Gasteiger partial charge is 0.253 e. The normalized spacial score (nSPS) is 36.4. The zero-order valence-corrected chi connectivity index (χ0v) is 5.64. The summed E-state index contributed by atoms with van der Waals surface area (Å²) >= 11 is 1.18. The van der Waals surface area contributed by atoms with Crippen molar-refractivity contribution in [2.45, 2.75) is 11.3 Å². The van der Waals surface area contributed by atoms with Gasteiger partial charge in [-0.3, -0.25) is 19.9 Å². The average molecular weight is 155 g/mol. The molecule has 2 amide bonds. The lowest BCUT2D eigenvalue weighted by atomic mass is 10.2. The van der Waals surface area contributed by atoms with Gasteiger partial charge in [0.1, 0.15) is 10.8 Å². The van der Waals surface area contributed by atoms with Crippen LogP contribution in [0.15, 0.2) is 4.99 Å². The predicted molar refractivity (Wildman–Crippen MR) is 35.8 cm³/mol. The fourth-order valence-electron chi connectivity index (χ4n) is 0.936. The summed E-state index contributed by atoms with van der Waals surface area (Å²) < 4.78 is 0. The van der Waals surface area contributed by atoms with Crippen molar-refractivity contribution in [2.24, 2.45) is 4.99 Å². The number of aliphatic imine (C=N–C) groups is 1. The Bertz CT molecular complexity index is 238. The molecule has 0 aliphatic carbocycles. The van der Waals surface area contributed by atoms with Gasteiger partial charge in [-0.25, -0.2) is 0 Å². The van der Waals surface area contributed by atoms with Gasteiger partial charge in [0.15, 0.2) is 6.04 Å². The number of thioether (sulfide) groups is 1. The molecule has 2 unspecified atom stereocenters. The minimum atomic E-state index is -0.502. The van der Waals surface area contributed by atoms with Crippen molar-refractivity contribution in [3.63, 3.8) is 0 Å². The molecule has 5 heteroatoms. The summed E-state index contributed by atoms with van der Waals surface area (Å²) in [6.07, 6.45) is 0. The Morgan fingerprint density at radius 3 is 3.00 bits per heavy atom. The summed E-state index contributed by atoms with van der Waals surface area (Å²) in [5.74, 6) is -0.541. The number of nitrogens with zero attached hydrogens (tertiary/aromatic N) is 1. The van der Waals surface area contributed by atoms with Crippen LogP contribution in [0.4, 0.5) is 0 Å². The highest BCUT2D eigenvalue weighted by Gasteiger charge is 2.44. The van der Waals surface area contributed by atoms with E-state index in [1.54, 1.807) is 0 Å². The Hall–Kier alpha value is -0.840. The van der Waals surface area contributed by atoms with Gasteiger partial charge in [-0.15, -0.1) is 0 Å². The van der Waals surface area contributed by atoms with Crippen LogP contribution in [-0.2, 0) is 9.59 Å². The van der Waals surface area contributed by atoms with Crippen LogP contribution in [0.1, 0.15) is 0 Å². The topological polar surface area (TPSA) is 58.5 Å². The molecular weight excluding hydrogens is 152 g/mol. The molecule has 0 bridgehead atoms. The van der Waals surface area contributed by atoms with Gasteiger partial charge in [-0.05, 0) is 0 Å². The highest BCUT2D eigenvalue weighted by Crippen LogP contribution is 2.25. The van der Waals surface area contributed by atoms with E-state index in [1.807, 2.05) is 0 Å². The van der Waals surface area contributed by atoms with Crippen LogP contribution in [0, 0.1) is 0 Å². The fraction of sp³-hybridized carbons (Fsp3) is 0.400. The van der Waals surface area contributed by atoms with E-state index in [1.165, 1.54) is 11.8 Å². The Labute approximate surface area is 61.1 Å². The molecule has 0 aromatic rings. The Kier molecular flexibility index (Phi) is 1.08. The van der Waals surface area contributed by atoms with E-state index in [0.717, 1.165) is 0 Å². The first-order valence-corrected chi connectivity index (χ1v) is 3.62. The Morgan fingerprint density at radius 2 is 2.30 bits per heavy atom. The highest BCUT2D eigenvalue weighted by molar-refractivity contribution is 8.13. The van der Waals surface area contributed by atoms with Gasteiger partial charge in [0, 0.05) is 0 Å². The molecule has 0 spiro atoms. The molecule has 0 aromatic carbocycles. The average Bonchev–Trinajstić information content (AvgIpc) is 2.39. The maximum Gasteiger partial charge on any atom is 0.253 e. The van der Waals surface area contributed by atoms with Crippen LogP contribution in [0.25, 0.3) is 0 Å². The number of hydrogen-bond acceptors (Lipinski definition) is 4. The van der Waals surface area contributed by atoms with Crippen LogP contribution in [0.5, 0.6) is 0 Å². The minimum absolute atomic E-state index is 0.242. The van der Waals surface area contributed by atoms with Crippen molar-refractivity contribution in [2.75, 3.05) is 0 Å². The van der Waals surface area contributed by atoms with Gasteiger partial charge in [0.2, 0.25) is 5.91 Å². The highest BCUT2D eigenvalue weighted by atomic mass is 32.2. The third-order valence-corrected chi connectivity index (χ3v) is 2.37. The van der Waals surface area contributed by atoms with Crippen molar-refractivity contribution in [1.82, 2.24) is 5.32 Å². The van der Waals surface area contributed by atoms with Crippen LogP contribution in [0.2, 0.25) is 0 Å². The summed E-state index contributed by atoms with van der Waals surface area (Å²) in [6.45, 7) is 0. The number of carbonyl (C=O) groups is 2. The van der Waals surface area contributed by atoms with E-state index in [0.29, 0.717) is 0 Å². The molecule has 10 heavy (non-hydrogen) atoms. The summed E-state index contributed by atoms with van der Waals surface area (Å²) in [7, 11) is 0. The Morgan fingerprint density at radius 1 is 1.50 bits per heavy atom. The van der Waals surface area contributed by atoms with Gasteiger partial charge in [0.05, 0.1) is 0 Å². The third-order valence-electron chi connectivity index (χ3n) is 1.43. The molecule has 2 atom stereocenters. The molecule has 51 valence electrons. The summed E-state index contributed by atoms with van der Waals surface area (Å²) in [4.78, 5) is 25.3. The lowest BCUT2D eigenvalue weighted by Crippen LogP contribution is -2.23. The molecule has 1 N–H and O–H groups in total. The number of rotatable bonds is 0.